The molecule has 5 heterocycles. The van der Waals surface area contributed by atoms with Crippen LogP contribution in [0.15, 0.2) is 85.3 Å². The molecule has 0 spiro atoms. The second-order valence-corrected chi connectivity index (χ2v) is 9.50. The fourth-order valence-corrected chi connectivity index (χ4v) is 5.37. The number of hydrogen-bond acceptors (Lipinski definition) is 5. The summed E-state index contributed by atoms with van der Waals surface area (Å²) >= 11 is 5.92. The van der Waals surface area contributed by atoms with Gasteiger partial charge in [-0.05, 0) is 79.3 Å². The third-order valence-corrected chi connectivity index (χ3v) is 7.14. The van der Waals surface area contributed by atoms with Gasteiger partial charge in [-0.1, -0.05) is 12.1 Å². The predicted molar refractivity (Wildman–Crippen MR) is 146 cm³/mol. The van der Waals surface area contributed by atoms with Crippen LogP contribution in [-0.4, -0.2) is 46.0 Å². The highest BCUT2D eigenvalue weighted by molar-refractivity contribution is 7.80. The molecular formula is C28H28N6OS. The molecule has 0 unspecified atom stereocenters. The van der Waals surface area contributed by atoms with Crippen LogP contribution in [0, 0.1) is 6.92 Å². The van der Waals surface area contributed by atoms with Gasteiger partial charge < -0.3 is 24.4 Å². The number of morpholine rings is 1. The van der Waals surface area contributed by atoms with Crippen molar-refractivity contribution in [2.24, 2.45) is 0 Å². The van der Waals surface area contributed by atoms with Crippen LogP contribution >= 0.6 is 12.2 Å². The Kier molecular flexibility index (Phi) is 6.13. The fraction of sp³-hybridized carbons (Fsp3) is 0.250. The van der Waals surface area contributed by atoms with E-state index >= 15 is 0 Å². The molecular weight excluding hydrogens is 468 g/mol. The van der Waals surface area contributed by atoms with Crippen molar-refractivity contribution in [2.75, 3.05) is 36.1 Å². The summed E-state index contributed by atoms with van der Waals surface area (Å²) in [6.45, 7) is 5.39. The lowest BCUT2D eigenvalue weighted by molar-refractivity contribution is 0.122. The molecule has 2 aliphatic rings. The summed E-state index contributed by atoms with van der Waals surface area (Å²) in [6.07, 6.45) is 5.79. The normalized spacial score (nSPS) is 20.0. The molecule has 0 radical (unpaired) electrons. The molecule has 2 atom stereocenters. The standard InChI is InChI=1S/C28H28N6OS/c1-20-7-12-25(30-19-20)33-14-4-6-24(33)27-26(23-5-2-3-13-29-23)31-28(36)34(27)22-10-8-21(9-11-22)32-15-17-35-18-16-32/h2-14,19,26-27H,15-18H2,1H3,(H,31,36)/t26-,27+/m0/s1. The van der Waals surface area contributed by atoms with Crippen molar-refractivity contribution in [2.45, 2.75) is 19.0 Å². The quantitative estimate of drug-likeness (QED) is 0.406. The highest BCUT2D eigenvalue weighted by Gasteiger charge is 2.42. The van der Waals surface area contributed by atoms with E-state index in [1.807, 2.05) is 31.5 Å². The highest BCUT2D eigenvalue weighted by Crippen LogP contribution is 2.42. The first-order chi connectivity index (χ1) is 17.7. The second kappa shape index (κ2) is 9.72. The molecule has 7 nitrogen and oxygen atoms in total. The largest absolute Gasteiger partial charge is 0.378 e. The molecule has 0 aliphatic carbocycles. The zero-order valence-electron chi connectivity index (χ0n) is 20.1. The average Bonchev–Trinajstić information content (AvgIpc) is 3.54. The molecule has 2 fully saturated rings. The molecule has 1 aromatic carbocycles. The minimum Gasteiger partial charge on any atom is -0.378 e. The molecule has 0 bridgehead atoms. The number of aromatic nitrogens is 3. The minimum atomic E-state index is -0.114. The van der Waals surface area contributed by atoms with Gasteiger partial charge in [-0.25, -0.2) is 4.98 Å². The number of ether oxygens (including phenoxy) is 1. The topological polar surface area (TPSA) is 58.5 Å². The van der Waals surface area contributed by atoms with Gasteiger partial charge in [0, 0.05) is 48.7 Å². The summed E-state index contributed by atoms with van der Waals surface area (Å²) in [4.78, 5) is 13.9. The molecule has 0 amide bonds. The molecule has 182 valence electrons. The van der Waals surface area contributed by atoms with E-state index in [1.54, 1.807) is 0 Å². The summed E-state index contributed by atoms with van der Waals surface area (Å²) in [7, 11) is 0. The molecule has 2 saturated heterocycles. The van der Waals surface area contributed by atoms with Gasteiger partial charge in [0.2, 0.25) is 0 Å². The van der Waals surface area contributed by atoms with Gasteiger partial charge in [-0.3, -0.25) is 4.98 Å². The maximum atomic E-state index is 5.92. The van der Waals surface area contributed by atoms with Gasteiger partial charge in [0.1, 0.15) is 11.9 Å². The molecule has 0 saturated carbocycles. The van der Waals surface area contributed by atoms with Crippen LogP contribution in [0.25, 0.3) is 5.82 Å². The number of aryl methyl sites for hydroxylation is 1. The number of anilines is 2. The Labute approximate surface area is 216 Å². The number of benzene rings is 1. The molecule has 6 rings (SSSR count). The van der Waals surface area contributed by atoms with Crippen LogP contribution in [0.5, 0.6) is 0 Å². The van der Waals surface area contributed by atoms with Crippen LogP contribution < -0.4 is 15.1 Å². The van der Waals surface area contributed by atoms with Gasteiger partial charge in [-0.15, -0.1) is 0 Å². The Bertz CT molecular complexity index is 1330. The Hall–Kier alpha value is -3.75. The van der Waals surface area contributed by atoms with E-state index in [1.165, 1.54) is 5.69 Å². The first-order valence-corrected chi connectivity index (χ1v) is 12.6. The maximum Gasteiger partial charge on any atom is 0.174 e. The third kappa shape index (κ3) is 4.23. The number of pyridine rings is 2. The van der Waals surface area contributed by atoms with Gasteiger partial charge in [0.25, 0.3) is 0 Å². The van der Waals surface area contributed by atoms with E-state index in [0.29, 0.717) is 5.11 Å². The lowest BCUT2D eigenvalue weighted by Gasteiger charge is -2.31. The number of rotatable bonds is 5. The van der Waals surface area contributed by atoms with Crippen molar-refractivity contribution in [3.63, 3.8) is 0 Å². The van der Waals surface area contributed by atoms with Crippen LogP contribution in [0.4, 0.5) is 11.4 Å². The van der Waals surface area contributed by atoms with Crippen LogP contribution in [-0.2, 0) is 4.74 Å². The lowest BCUT2D eigenvalue weighted by atomic mass is 10.0. The summed E-state index contributed by atoms with van der Waals surface area (Å²) in [5, 5.41) is 4.24. The third-order valence-electron chi connectivity index (χ3n) is 6.83. The molecule has 8 heteroatoms. The average molecular weight is 497 g/mol. The van der Waals surface area contributed by atoms with Crippen molar-refractivity contribution in [1.29, 1.82) is 0 Å². The lowest BCUT2D eigenvalue weighted by Crippen LogP contribution is -2.36. The first kappa shape index (κ1) is 22.7. The van der Waals surface area contributed by atoms with E-state index in [-0.39, 0.29) is 12.1 Å². The minimum absolute atomic E-state index is 0.111. The molecule has 36 heavy (non-hydrogen) atoms. The van der Waals surface area contributed by atoms with Crippen LogP contribution in [0.3, 0.4) is 0 Å². The van der Waals surface area contributed by atoms with E-state index in [4.69, 9.17) is 21.9 Å². The second-order valence-electron chi connectivity index (χ2n) is 9.11. The van der Waals surface area contributed by atoms with Gasteiger partial charge in [-0.2, -0.15) is 0 Å². The van der Waals surface area contributed by atoms with Crippen molar-refractivity contribution in [3.8, 4) is 5.82 Å². The number of nitrogens with zero attached hydrogens (tertiary/aromatic N) is 5. The number of nitrogens with one attached hydrogen (secondary N) is 1. The van der Waals surface area contributed by atoms with E-state index in [0.717, 1.165) is 54.8 Å². The zero-order chi connectivity index (χ0) is 24.5. The summed E-state index contributed by atoms with van der Waals surface area (Å²) in [5.41, 5.74) is 5.40. The predicted octanol–water partition coefficient (Wildman–Crippen LogP) is 4.59. The van der Waals surface area contributed by atoms with Crippen LogP contribution in [0.2, 0.25) is 0 Å². The zero-order valence-corrected chi connectivity index (χ0v) is 20.9. The van der Waals surface area contributed by atoms with Crippen LogP contribution in [0.1, 0.15) is 29.0 Å². The Balaban J connectivity index is 1.41. The number of thiocarbonyl (C=S) groups is 1. The smallest absolute Gasteiger partial charge is 0.174 e. The van der Waals surface area contributed by atoms with E-state index in [2.05, 4.69) is 85.5 Å². The summed E-state index contributed by atoms with van der Waals surface area (Å²) in [6, 6.07) is 22.8. The Morgan fingerprint density at radius 3 is 2.44 bits per heavy atom. The van der Waals surface area contributed by atoms with Gasteiger partial charge in [0.15, 0.2) is 5.11 Å². The maximum absolute atomic E-state index is 5.92. The fourth-order valence-electron chi connectivity index (χ4n) is 5.03. The number of hydrogen-bond donors (Lipinski definition) is 1. The van der Waals surface area contributed by atoms with Crippen molar-refractivity contribution >= 4 is 28.7 Å². The van der Waals surface area contributed by atoms with E-state index in [9.17, 15) is 0 Å². The molecule has 2 aliphatic heterocycles. The van der Waals surface area contributed by atoms with Gasteiger partial charge in [0.05, 0.1) is 24.9 Å². The van der Waals surface area contributed by atoms with Crippen molar-refractivity contribution in [1.82, 2.24) is 19.9 Å². The summed E-state index contributed by atoms with van der Waals surface area (Å²) < 4.78 is 7.66. The first-order valence-electron chi connectivity index (χ1n) is 12.2. The highest BCUT2D eigenvalue weighted by atomic mass is 32.1. The summed E-state index contributed by atoms with van der Waals surface area (Å²) in [5.74, 6) is 0.876. The van der Waals surface area contributed by atoms with E-state index < -0.39 is 0 Å². The Morgan fingerprint density at radius 2 is 1.72 bits per heavy atom. The van der Waals surface area contributed by atoms with Crippen molar-refractivity contribution < 1.29 is 4.74 Å². The monoisotopic (exact) mass is 496 g/mol. The van der Waals surface area contributed by atoms with Crippen molar-refractivity contribution in [3.05, 3.63) is 102 Å². The molecule has 4 aromatic rings. The molecule has 1 N–H and O–H groups in total. The van der Waals surface area contributed by atoms with Gasteiger partial charge >= 0.3 is 0 Å². The molecule has 3 aromatic heterocycles. The Morgan fingerprint density at radius 1 is 0.917 bits per heavy atom. The SMILES string of the molecule is Cc1ccc(-n2cccc2[C@@H]2[C@H](c3ccccn3)NC(=S)N2c2ccc(N3CCOCC3)cc2)nc1.